The number of esters is 1. The van der Waals surface area contributed by atoms with Crippen LogP contribution >= 0.6 is 0 Å². The van der Waals surface area contributed by atoms with Crippen LogP contribution in [-0.2, 0) is 9.53 Å². The number of nitrogens with zero attached hydrogens (tertiary/aromatic N) is 4. The smallest absolute Gasteiger partial charge is 0.404 e. The Bertz CT molecular complexity index is 813. The number of hydrogen-bond acceptors (Lipinski definition) is 11. The number of nitrogens with two attached hydrogens (primary N) is 2. The highest BCUT2D eigenvalue weighted by molar-refractivity contribution is 5.87. The van der Waals surface area contributed by atoms with Crippen LogP contribution in [0.15, 0.2) is 9.98 Å². The summed E-state index contributed by atoms with van der Waals surface area (Å²) in [5, 5.41) is 32.1. The highest BCUT2D eigenvalue weighted by atomic mass is 19.4. The van der Waals surface area contributed by atoms with Gasteiger partial charge in [0, 0.05) is 0 Å². The molecular formula is C15H21F3N6O5. The van der Waals surface area contributed by atoms with Gasteiger partial charge in [-0.15, -0.1) is 0 Å². The zero-order chi connectivity index (χ0) is 21.6. The number of carbonyl (C=O) groups is 1. The minimum absolute atomic E-state index is 0.222. The first-order valence-electron chi connectivity index (χ1n) is 8.89. The van der Waals surface area contributed by atoms with Crippen molar-refractivity contribution >= 4 is 17.9 Å². The van der Waals surface area contributed by atoms with Gasteiger partial charge in [0.25, 0.3) is 0 Å². The molecule has 1 saturated carbocycles. The SMILES string of the molecule is C[C@]1(O)[C@@H](OC(=O)C2(C(F)(F)F)CC2)CN2C(N)=NC(CO)C3N=C(N)N(O)C321. The van der Waals surface area contributed by atoms with Crippen LogP contribution in [0, 0.1) is 5.41 Å². The molecule has 7 N–H and O–H groups in total. The van der Waals surface area contributed by atoms with Crippen LogP contribution in [0.1, 0.15) is 19.8 Å². The summed E-state index contributed by atoms with van der Waals surface area (Å²) < 4.78 is 44.9. The molecule has 0 amide bonds. The molecule has 1 saturated heterocycles. The highest BCUT2D eigenvalue weighted by Crippen LogP contribution is 2.59. The molecular weight excluding hydrogens is 401 g/mol. The normalized spacial score (nSPS) is 40.2. The number of hydroxylamine groups is 2. The standard InChI is InChI=1S/C15H21F3N6O5/c1-12(27)7(29-9(26)13(2-3-13)15(16,17)18)4-23-10(19)21-6(5-25)8-14(12,23)24(28)11(20)22-8/h6-8,25,27-28H,2-5H2,1H3,(H2,19,21)(H2,20,22)/t6?,7-,8?,12-,14?/m0/s1. The zero-order valence-corrected chi connectivity index (χ0v) is 15.3. The Labute approximate surface area is 162 Å². The van der Waals surface area contributed by atoms with Crippen molar-refractivity contribution in [1.82, 2.24) is 9.96 Å². The van der Waals surface area contributed by atoms with Gasteiger partial charge in [-0.25, -0.2) is 9.98 Å². The molecule has 0 aromatic heterocycles. The van der Waals surface area contributed by atoms with E-state index in [0.717, 1.165) is 0 Å². The summed E-state index contributed by atoms with van der Waals surface area (Å²) in [4.78, 5) is 21.7. The van der Waals surface area contributed by atoms with Crippen molar-refractivity contribution in [3.05, 3.63) is 0 Å². The molecule has 0 radical (unpaired) electrons. The van der Waals surface area contributed by atoms with Crippen LogP contribution in [0.2, 0.25) is 0 Å². The van der Waals surface area contributed by atoms with Gasteiger partial charge >= 0.3 is 12.1 Å². The molecule has 4 aliphatic rings. The summed E-state index contributed by atoms with van der Waals surface area (Å²) in [6.45, 7) is 0.259. The lowest BCUT2D eigenvalue weighted by atomic mass is 9.79. The van der Waals surface area contributed by atoms with Crippen molar-refractivity contribution < 1.29 is 38.1 Å². The second-order valence-electron chi connectivity index (χ2n) is 7.94. The van der Waals surface area contributed by atoms with Crippen LogP contribution in [0.25, 0.3) is 0 Å². The minimum atomic E-state index is -4.78. The summed E-state index contributed by atoms with van der Waals surface area (Å²) in [5.41, 5.74) is 4.95. The lowest BCUT2D eigenvalue weighted by Gasteiger charge is -2.51. The average Bonchev–Trinajstić information content (AvgIpc) is 3.35. The highest BCUT2D eigenvalue weighted by Gasteiger charge is 2.77. The minimum Gasteiger partial charge on any atom is -0.457 e. The number of rotatable bonds is 3. The maximum Gasteiger partial charge on any atom is 0.404 e. The number of guanidine groups is 2. The van der Waals surface area contributed by atoms with E-state index in [9.17, 15) is 33.4 Å². The van der Waals surface area contributed by atoms with Gasteiger partial charge in [-0.3, -0.25) is 10.0 Å². The largest absolute Gasteiger partial charge is 0.457 e. The van der Waals surface area contributed by atoms with E-state index in [1.165, 1.54) is 11.8 Å². The third-order valence-electron chi connectivity index (χ3n) is 6.41. The van der Waals surface area contributed by atoms with E-state index in [1.807, 2.05) is 0 Å². The van der Waals surface area contributed by atoms with Crippen molar-refractivity contribution in [2.75, 3.05) is 13.2 Å². The first-order valence-corrected chi connectivity index (χ1v) is 8.89. The van der Waals surface area contributed by atoms with Crippen molar-refractivity contribution in [3.63, 3.8) is 0 Å². The fraction of sp³-hybridized carbons (Fsp3) is 0.800. The Kier molecular flexibility index (Phi) is 3.88. The lowest BCUT2D eigenvalue weighted by Crippen LogP contribution is -2.76. The quantitative estimate of drug-likeness (QED) is 0.325. The number of halogens is 3. The van der Waals surface area contributed by atoms with E-state index >= 15 is 0 Å². The molecule has 2 fully saturated rings. The fourth-order valence-corrected chi connectivity index (χ4v) is 4.56. The van der Waals surface area contributed by atoms with Gasteiger partial charge in [-0.2, -0.15) is 18.2 Å². The molecule has 0 aromatic carbocycles. The Morgan fingerprint density at radius 2 is 1.93 bits per heavy atom. The van der Waals surface area contributed by atoms with Gasteiger partial charge in [0.1, 0.15) is 17.7 Å². The predicted octanol–water partition coefficient (Wildman–Crippen LogP) is -1.92. The third kappa shape index (κ3) is 2.21. The summed E-state index contributed by atoms with van der Waals surface area (Å²) in [7, 11) is 0. The number of aliphatic imine (C=N–C) groups is 2. The number of alkyl halides is 3. The Morgan fingerprint density at radius 3 is 2.45 bits per heavy atom. The van der Waals surface area contributed by atoms with Gasteiger partial charge in [-0.1, -0.05) is 0 Å². The van der Waals surface area contributed by atoms with E-state index in [1.54, 1.807) is 0 Å². The van der Waals surface area contributed by atoms with Gasteiger partial charge in [0.2, 0.25) is 11.6 Å². The number of carbonyl (C=O) groups excluding carboxylic acids is 1. The molecule has 29 heavy (non-hydrogen) atoms. The molecule has 3 unspecified atom stereocenters. The van der Waals surface area contributed by atoms with Gasteiger partial charge in [-0.05, 0) is 19.8 Å². The van der Waals surface area contributed by atoms with Gasteiger partial charge < -0.3 is 31.3 Å². The number of hydrogen-bond donors (Lipinski definition) is 5. The van der Waals surface area contributed by atoms with Gasteiger partial charge in [0.15, 0.2) is 17.5 Å². The molecule has 162 valence electrons. The van der Waals surface area contributed by atoms with E-state index in [-0.39, 0.29) is 12.5 Å². The van der Waals surface area contributed by atoms with E-state index in [4.69, 9.17) is 16.2 Å². The summed E-state index contributed by atoms with van der Waals surface area (Å²) in [5.74, 6) is -2.14. The third-order valence-corrected chi connectivity index (χ3v) is 6.41. The van der Waals surface area contributed by atoms with E-state index in [2.05, 4.69) is 9.98 Å². The van der Waals surface area contributed by atoms with Crippen LogP contribution < -0.4 is 11.5 Å². The molecule has 5 atom stereocenters. The maximum atomic E-state index is 13.3. The van der Waals surface area contributed by atoms with Crippen LogP contribution in [-0.4, -0.2) is 92.1 Å². The second kappa shape index (κ2) is 5.64. The van der Waals surface area contributed by atoms with E-state index in [0.29, 0.717) is 5.06 Å². The topological polar surface area (TPSA) is 170 Å². The van der Waals surface area contributed by atoms with Crippen LogP contribution in [0.3, 0.4) is 0 Å². The zero-order valence-electron chi connectivity index (χ0n) is 15.3. The van der Waals surface area contributed by atoms with Crippen molar-refractivity contribution in [2.45, 2.75) is 55.4 Å². The molecule has 14 heteroatoms. The van der Waals surface area contributed by atoms with E-state index < -0.39 is 72.4 Å². The van der Waals surface area contributed by atoms with Crippen LogP contribution in [0.5, 0.6) is 0 Å². The van der Waals surface area contributed by atoms with Crippen LogP contribution in [0.4, 0.5) is 13.2 Å². The molecule has 1 aliphatic carbocycles. The maximum absolute atomic E-state index is 13.3. The van der Waals surface area contributed by atoms with Crippen molar-refractivity contribution in [1.29, 1.82) is 0 Å². The molecule has 1 spiro atoms. The molecule has 11 nitrogen and oxygen atoms in total. The Morgan fingerprint density at radius 1 is 1.31 bits per heavy atom. The Hall–Kier alpha value is -2.32. The average molecular weight is 422 g/mol. The predicted molar refractivity (Wildman–Crippen MR) is 89.2 cm³/mol. The second-order valence-corrected chi connectivity index (χ2v) is 7.94. The van der Waals surface area contributed by atoms with Crippen molar-refractivity contribution in [3.8, 4) is 0 Å². The first kappa shape index (κ1) is 20.0. The summed E-state index contributed by atoms with van der Waals surface area (Å²) in [6.07, 6.45) is -7.10. The molecule has 3 heterocycles. The summed E-state index contributed by atoms with van der Waals surface area (Å²) in [6, 6.07) is -2.12. The monoisotopic (exact) mass is 422 g/mol. The summed E-state index contributed by atoms with van der Waals surface area (Å²) >= 11 is 0. The number of aliphatic hydroxyl groups excluding tert-OH is 1. The fourth-order valence-electron chi connectivity index (χ4n) is 4.56. The van der Waals surface area contributed by atoms with Gasteiger partial charge in [0.05, 0.1) is 13.2 Å². The number of aliphatic hydroxyl groups is 2. The van der Waals surface area contributed by atoms with Crippen molar-refractivity contribution in [2.24, 2.45) is 26.9 Å². The molecule has 0 aromatic rings. The first-order chi connectivity index (χ1) is 13.3. The molecule has 3 aliphatic heterocycles. The molecule has 4 rings (SSSR count). The molecule has 0 bridgehead atoms. The Balaban J connectivity index is 1.72. The number of ether oxygens (including phenoxy) is 1. The lowest BCUT2D eigenvalue weighted by molar-refractivity contribution is -0.239.